The predicted octanol–water partition coefficient (Wildman–Crippen LogP) is 27.3. The summed E-state index contributed by atoms with van der Waals surface area (Å²) in [4.78, 5) is 13.0. The summed E-state index contributed by atoms with van der Waals surface area (Å²) in [6, 6.07) is 114. The Labute approximate surface area is 623 Å². The summed E-state index contributed by atoms with van der Waals surface area (Å²) in [5.41, 5.74) is 19.5. The van der Waals surface area contributed by atoms with Gasteiger partial charge in [-0.2, -0.15) is 5.26 Å². The Morgan fingerprint density at radius 1 is 0.454 bits per heavy atom. The highest BCUT2D eigenvalue weighted by atomic mass is 16.3. The van der Waals surface area contributed by atoms with Gasteiger partial charge in [-0.15, -0.1) is 0 Å². The van der Waals surface area contributed by atoms with Crippen LogP contribution in [0.1, 0.15) is 53.1 Å². The van der Waals surface area contributed by atoms with Crippen LogP contribution in [0.4, 0.5) is 39.8 Å². The van der Waals surface area contributed by atoms with E-state index in [-0.39, 0.29) is 5.92 Å². The van der Waals surface area contributed by atoms with Gasteiger partial charge < -0.3 is 23.5 Å². The van der Waals surface area contributed by atoms with Gasteiger partial charge in [-0.3, -0.25) is 0 Å². The van der Waals surface area contributed by atoms with Crippen molar-refractivity contribution in [2.24, 2.45) is 4.99 Å². The average Bonchev–Trinajstić information content (AvgIpc) is 1.74. The van der Waals surface area contributed by atoms with Gasteiger partial charge >= 0.3 is 0 Å². The van der Waals surface area contributed by atoms with Gasteiger partial charge in [-0.1, -0.05) is 281 Å². The van der Waals surface area contributed by atoms with E-state index in [0.717, 1.165) is 160 Å². The molecule has 0 unspecified atom stereocenters. The van der Waals surface area contributed by atoms with Gasteiger partial charge in [0.25, 0.3) is 0 Å². The Morgan fingerprint density at radius 2 is 1.08 bits per heavy atom. The molecule has 0 saturated carbocycles. The number of aliphatic imine (C=N–C) groups is 1. The standard InChI is InChI=1S/C101H67N5O2/c1-62(2)90-83-57-67(61-102)99-94(82-48-28-50-87(100(82)108-99)106(88-58-66-34-14-16-39-71(66)73-40-17-18-42-76(73)88)97-79-45-21-19-43-77(79)91(64-30-7-3-8-31-64)78-44-20-22-46-80(78)97)93(83)95-85(98(90)104-54-25-6-26-55-104)60-84(96(65-32-9-4-10-33-65)103-68-36-11-5-12-37-68)92-81-52-51-69(59-89(81)107-101(92)95)105-56-53-74(75-41-23-24-49-86(75)105)72-47-27-35-63-29-13-15-38-70(63)72/h3-54,57-60,62H,55-56H2,1-2H3/b103-96+. The number of rotatable bonds is 11. The summed E-state index contributed by atoms with van der Waals surface area (Å²) in [7, 11) is 0. The number of nitriles is 1. The Hall–Kier alpha value is -14.1. The molecule has 108 heavy (non-hydrogen) atoms. The van der Waals surface area contributed by atoms with Crippen LogP contribution in [-0.4, -0.2) is 18.8 Å². The molecule has 0 saturated heterocycles. The SMILES string of the molecule is CC(C)c1c(N2C=CC=CC2)c2cc(/C(=N/c3ccccc3)c3ccccc3)c3c4ccc(N5CC=C(c6cccc7ccccc67)c6ccccc65)cc4oc3c2c2c1cc(C#N)c1oc3c(N(c4c5ccccc5c(-c5ccccc5)c5ccccc45)c4cc5ccccc5c5ccccc45)cccc3c12. The number of nitrogens with zero attached hydrogens (tertiary/aromatic N) is 5. The van der Waals surface area contributed by atoms with Crippen LogP contribution >= 0.6 is 0 Å². The maximum absolute atomic E-state index is 12.0. The highest BCUT2D eigenvalue weighted by Gasteiger charge is 2.34. The third kappa shape index (κ3) is 9.70. The minimum absolute atomic E-state index is 0.0485. The number of anilines is 6. The van der Waals surface area contributed by atoms with Crippen molar-refractivity contribution >= 4 is 170 Å². The number of hydrogen-bond acceptors (Lipinski definition) is 7. The summed E-state index contributed by atoms with van der Waals surface area (Å²) in [5.74, 6) is -0.0485. The lowest BCUT2D eigenvalue weighted by molar-refractivity contribution is 0.668. The van der Waals surface area contributed by atoms with E-state index >= 15 is 0 Å². The molecule has 508 valence electrons. The first kappa shape index (κ1) is 62.5. The van der Waals surface area contributed by atoms with Crippen LogP contribution < -0.4 is 14.7 Å². The van der Waals surface area contributed by atoms with Crippen LogP contribution in [0, 0.1) is 11.3 Å². The van der Waals surface area contributed by atoms with E-state index in [1.165, 1.54) is 32.9 Å². The van der Waals surface area contributed by atoms with Gasteiger partial charge in [0.2, 0.25) is 0 Å². The molecule has 2 aliphatic heterocycles. The molecular weight excluding hydrogens is 1320 g/mol. The molecule has 0 atom stereocenters. The van der Waals surface area contributed by atoms with Crippen molar-refractivity contribution in [3.8, 4) is 17.2 Å². The first-order chi connectivity index (χ1) is 53.4. The predicted molar refractivity (Wildman–Crippen MR) is 453 cm³/mol. The molecule has 0 spiro atoms. The fourth-order valence-electron chi connectivity index (χ4n) is 17.9. The van der Waals surface area contributed by atoms with E-state index in [2.05, 4.69) is 368 Å². The summed E-state index contributed by atoms with van der Waals surface area (Å²) in [6.07, 6.45) is 11.0. The molecule has 2 aliphatic rings. The molecule has 21 rings (SSSR count). The van der Waals surface area contributed by atoms with Gasteiger partial charge in [0.1, 0.15) is 17.2 Å². The fourth-order valence-corrected chi connectivity index (χ4v) is 17.9. The number of hydrogen-bond donors (Lipinski definition) is 0. The lowest BCUT2D eigenvalue weighted by atomic mass is 9.83. The number of para-hydroxylation sites is 3. The molecule has 4 heterocycles. The van der Waals surface area contributed by atoms with Crippen LogP contribution in [0.15, 0.2) is 354 Å². The smallest absolute Gasteiger partial charge is 0.159 e. The van der Waals surface area contributed by atoms with Crippen LogP contribution in [0.5, 0.6) is 0 Å². The number of fused-ring (bicyclic) bond motifs is 18. The average molecular weight is 1380 g/mol. The summed E-state index contributed by atoms with van der Waals surface area (Å²) >= 11 is 0. The van der Waals surface area contributed by atoms with Crippen molar-refractivity contribution in [1.82, 2.24) is 0 Å². The zero-order chi connectivity index (χ0) is 71.7. The van der Waals surface area contributed by atoms with Crippen molar-refractivity contribution in [3.05, 3.63) is 373 Å². The van der Waals surface area contributed by atoms with Crippen molar-refractivity contribution in [3.63, 3.8) is 0 Å². The Balaban J connectivity index is 0.903. The minimum atomic E-state index is -0.0485. The summed E-state index contributed by atoms with van der Waals surface area (Å²) < 4.78 is 15.8. The highest BCUT2D eigenvalue weighted by Crippen LogP contribution is 2.57. The minimum Gasteiger partial charge on any atom is -0.455 e. The molecule has 0 N–H and O–H groups in total. The third-order valence-corrected chi connectivity index (χ3v) is 22.4. The zero-order valence-corrected chi connectivity index (χ0v) is 59.4. The van der Waals surface area contributed by atoms with E-state index < -0.39 is 0 Å². The molecule has 19 aromatic rings. The molecular formula is C101H67N5O2. The molecule has 0 amide bonds. The van der Waals surface area contributed by atoms with Crippen molar-refractivity contribution in [2.45, 2.75) is 19.8 Å². The number of furan rings is 2. The molecule has 0 fully saturated rings. The monoisotopic (exact) mass is 1380 g/mol. The largest absolute Gasteiger partial charge is 0.455 e. The molecule has 0 aliphatic carbocycles. The molecule has 7 heteroatoms. The second-order valence-electron chi connectivity index (χ2n) is 28.7. The lowest BCUT2D eigenvalue weighted by Crippen LogP contribution is -2.22. The van der Waals surface area contributed by atoms with Gasteiger partial charge in [-0.05, 0) is 138 Å². The quantitative estimate of drug-likeness (QED) is 0.0730. The topological polar surface area (TPSA) is 72.1 Å². The molecule has 0 radical (unpaired) electrons. The Kier molecular flexibility index (Phi) is 14.5. The normalized spacial score (nSPS) is 13.3. The molecule has 7 nitrogen and oxygen atoms in total. The fraction of sp³-hybridized carbons (Fsp3) is 0.0495. The van der Waals surface area contributed by atoms with Crippen LogP contribution in [-0.2, 0) is 0 Å². The molecule has 0 bridgehead atoms. The molecule has 2 aromatic heterocycles. The van der Waals surface area contributed by atoms with Gasteiger partial charge in [-0.25, -0.2) is 4.99 Å². The first-order valence-electron chi connectivity index (χ1n) is 37.2. The Bertz CT molecular complexity index is 7110. The van der Waals surface area contributed by atoms with Crippen LogP contribution in [0.2, 0.25) is 0 Å². The van der Waals surface area contributed by atoms with Crippen molar-refractivity contribution < 1.29 is 8.83 Å². The first-order valence-corrected chi connectivity index (χ1v) is 37.2. The van der Waals surface area contributed by atoms with E-state index in [0.29, 0.717) is 35.4 Å². The van der Waals surface area contributed by atoms with Gasteiger partial charge in [0.05, 0.1) is 39.7 Å². The van der Waals surface area contributed by atoms with E-state index in [9.17, 15) is 5.26 Å². The van der Waals surface area contributed by atoms with E-state index in [1.54, 1.807) is 0 Å². The second kappa shape index (κ2) is 25.1. The van der Waals surface area contributed by atoms with Crippen molar-refractivity contribution in [2.75, 3.05) is 27.8 Å². The second-order valence-corrected chi connectivity index (χ2v) is 28.7. The van der Waals surface area contributed by atoms with E-state index in [1.807, 2.05) is 6.07 Å². The van der Waals surface area contributed by atoms with Gasteiger partial charge in [0.15, 0.2) is 11.2 Å². The lowest BCUT2D eigenvalue weighted by Gasteiger charge is -2.31. The van der Waals surface area contributed by atoms with Crippen molar-refractivity contribution in [1.29, 1.82) is 5.26 Å². The maximum atomic E-state index is 12.0. The summed E-state index contributed by atoms with van der Waals surface area (Å²) in [6.45, 7) is 5.82. The highest BCUT2D eigenvalue weighted by molar-refractivity contribution is 6.39. The van der Waals surface area contributed by atoms with E-state index in [4.69, 9.17) is 13.8 Å². The van der Waals surface area contributed by atoms with Crippen LogP contribution in [0.3, 0.4) is 0 Å². The molecule has 17 aromatic carbocycles. The number of allylic oxidation sites excluding steroid dienone is 2. The van der Waals surface area contributed by atoms with Gasteiger partial charge in [0, 0.05) is 107 Å². The maximum Gasteiger partial charge on any atom is 0.159 e. The third-order valence-electron chi connectivity index (χ3n) is 22.4. The number of benzene rings is 17. The zero-order valence-electron chi connectivity index (χ0n) is 59.4. The van der Waals surface area contributed by atoms with Crippen LogP contribution in [0.25, 0.3) is 136 Å². The summed E-state index contributed by atoms with van der Waals surface area (Å²) in [5, 5.41) is 30.7. The Morgan fingerprint density at radius 3 is 1.83 bits per heavy atom.